The highest BCUT2D eigenvalue weighted by molar-refractivity contribution is 5.74. The number of aryl methyl sites for hydroxylation is 2. The third-order valence-electron chi connectivity index (χ3n) is 4.29. The van der Waals surface area contributed by atoms with Crippen LogP contribution in [0.1, 0.15) is 16.8 Å². The molecule has 3 aromatic rings. The highest BCUT2D eigenvalue weighted by Gasteiger charge is 2.37. The summed E-state index contributed by atoms with van der Waals surface area (Å²) < 4.78 is 46.0. The number of rotatable bonds is 5. The predicted molar refractivity (Wildman–Crippen MR) is 98.4 cm³/mol. The molecule has 28 heavy (non-hydrogen) atoms. The molecule has 0 saturated carbocycles. The monoisotopic (exact) mass is 392 g/mol. The van der Waals surface area contributed by atoms with Crippen LogP contribution in [0.4, 0.5) is 13.2 Å². The quantitative estimate of drug-likeness (QED) is 0.722. The molecule has 1 N–H and O–H groups in total. The van der Waals surface area contributed by atoms with E-state index >= 15 is 0 Å². The minimum absolute atomic E-state index is 0.0251. The number of aliphatic hydroxyl groups is 1. The molecule has 0 spiro atoms. The molecule has 5 nitrogen and oxygen atoms in total. The molecule has 0 aliphatic carbocycles. The Bertz CT molecular complexity index is 1060. The minimum atomic E-state index is -4.89. The molecular formula is C20H19F3N2O3. The number of aliphatic hydroxyl groups excluding tert-OH is 1. The first-order chi connectivity index (χ1) is 13.2. The summed E-state index contributed by atoms with van der Waals surface area (Å²) in [6, 6.07) is 11.6. The molecular weight excluding hydrogens is 373 g/mol. The van der Waals surface area contributed by atoms with Crippen LogP contribution in [-0.4, -0.2) is 27.4 Å². The molecule has 0 fully saturated rings. The van der Waals surface area contributed by atoms with E-state index in [2.05, 4.69) is 4.98 Å². The minimum Gasteiger partial charge on any atom is -0.491 e. The smallest absolute Gasteiger partial charge is 0.438 e. The van der Waals surface area contributed by atoms with E-state index in [1.807, 2.05) is 26.0 Å². The van der Waals surface area contributed by atoms with Gasteiger partial charge in [-0.1, -0.05) is 24.3 Å². The van der Waals surface area contributed by atoms with E-state index in [1.165, 1.54) is 18.2 Å². The molecule has 0 aliphatic rings. The molecule has 0 unspecified atom stereocenters. The van der Waals surface area contributed by atoms with Crippen LogP contribution in [0.15, 0.2) is 47.3 Å². The van der Waals surface area contributed by atoms with Crippen LogP contribution in [0, 0.1) is 13.8 Å². The van der Waals surface area contributed by atoms with E-state index in [-0.39, 0.29) is 24.2 Å². The predicted octanol–water partition coefficient (Wildman–Crippen LogP) is 3.47. The molecule has 8 heteroatoms. The van der Waals surface area contributed by atoms with Gasteiger partial charge in [0.05, 0.1) is 17.6 Å². The van der Waals surface area contributed by atoms with Gasteiger partial charge in [-0.15, -0.1) is 0 Å². The van der Waals surface area contributed by atoms with Gasteiger partial charge in [0.15, 0.2) is 0 Å². The first-order valence-electron chi connectivity index (χ1n) is 8.61. The fraction of sp³-hybridized carbons (Fsp3) is 0.300. The zero-order chi connectivity index (χ0) is 20.5. The van der Waals surface area contributed by atoms with Crippen LogP contribution in [0.25, 0.3) is 11.0 Å². The molecule has 3 rings (SSSR count). The van der Waals surface area contributed by atoms with E-state index in [9.17, 15) is 23.1 Å². The van der Waals surface area contributed by atoms with Crippen molar-refractivity contribution in [2.75, 3.05) is 6.61 Å². The van der Waals surface area contributed by atoms with Gasteiger partial charge in [0.25, 0.3) is 5.56 Å². The van der Waals surface area contributed by atoms with Crippen LogP contribution in [-0.2, 0) is 12.7 Å². The lowest BCUT2D eigenvalue weighted by molar-refractivity contribution is -0.142. The number of ether oxygens (including phenoxy) is 1. The van der Waals surface area contributed by atoms with Gasteiger partial charge in [-0.25, -0.2) is 4.98 Å². The SMILES string of the molecule is Cc1ccc(C)c(OC[C@H](O)Cn2c(=O)c(C(F)(F)F)nc3ccccc32)c1. The normalized spacial score (nSPS) is 12.9. The molecule has 0 aliphatic heterocycles. The summed E-state index contributed by atoms with van der Waals surface area (Å²) in [6.07, 6.45) is -6.08. The number of nitrogens with zero attached hydrogens (tertiary/aromatic N) is 2. The van der Waals surface area contributed by atoms with Gasteiger partial charge in [0.1, 0.15) is 18.5 Å². The average molecular weight is 392 g/mol. The van der Waals surface area contributed by atoms with Crippen LogP contribution in [0.5, 0.6) is 5.75 Å². The number of benzene rings is 2. The molecule has 0 saturated heterocycles. The highest BCUT2D eigenvalue weighted by atomic mass is 19.4. The molecule has 2 aromatic carbocycles. The van der Waals surface area contributed by atoms with E-state index in [4.69, 9.17) is 4.74 Å². The molecule has 1 heterocycles. The van der Waals surface area contributed by atoms with Crippen molar-refractivity contribution in [3.8, 4) is 5.75 Å². The Morgan fingerprint density at radius 3 is 2.61 bits per heavy atom. The van der Waals surface area contributed by atoms with E-state index in [0.717, 1.165) is 15.7 Å². The zero-order valence-corrected chi connectivity index (χ0v) is 15.3. The number of aromatic nitrogens is 2. The summed E-state index contributed by atoms with van der Waals surface area (Å²) in [5, 5.41) is 10.3. The summed E-state index contributed by atoms with van der Waals surface area (Å²) in [5.74, 6) is 0.571. The number of alkyl halides is 3. The van der Waals surface area contributed by atoms with Crippen molar-refractivity contribution >= 4 is 11.0 Å². The first kappa shape index (κ1) is 19.9. The van der Waals surface area contributed by atoms with Crippen molar-refractivity contribution in [2.24, 2.45) is 0 Å². The number of halogens is 3. The van der Waals surface area contributed by atoms with Gasteiger partial charge in [0.2, 0.25) is 5.69 Å². The molecule has 0 radical (unpaired) electrons. The van der Waals surface area contributed by atoms with Crippen LogP contribution in [0.3, 0.4) is 0 Å². The molecule has 0 bridgehead atoms. The van der Waals surface area contributed by atoms with E-state index in [1.54, 1.807) is 12.1 Å². The lowest BCUT2D eigenvalue weighted by Gasteiger charge is -2.18. The maximum atomic E-state index is 13.2. The molecule has 1 aromatic heterocycles. The standard InChI is InChI=1S/C20H19F3N2O3/c1-12-7-8-13(2)17(9-12)28-11-14(26)10-25-16-6-4-3-5-15(16)24-18(19(25)27)20(21,22)23/h3-9,14,26H,10-11H2,1-2H3/t14-/m1/s1. The lowest BCUT2D eigenvalue weighted by atomic mass is 10.1. The van der Waals surface area contributed by atoms with Gasteiger partial charge in [-0.2, -0.15) is 13.2 Å². The zero-order valence-electron chi connectivity index (χ0n) is 15.3. The fourth-order valence-corrected chi connectivity index (χ4v) is 2.87. The van der Waals surface area contributed by atoms with Crippen molar-refractivity contribution in [3.63, 3.8) is 0 Å². The average Bonchev–Trinajstić information content (AvgIpc) is 2.63. The Labute approximate surface area is 159 Å². The number of hydrogen-bond acceptors (Lipinski definition) is 4. The Morgan fingerprint density at radius 2 is 1.89 bits per heavy atom. The number of hydrogen-bond donors (Lipinski definition) is 1. The van der Waals surface area contributed by atoms with Gasteiger partial charge in [-0.05, 0) is 43.2 Å². The van der Waals surface area contributed by atoms with Crippen molar-refractivity contribution < 1.29 is 23.0 Å². The van der Waals surface area contributed by atoms with Crippen molar-refractivity contribution in [1.82, 2.24) is 9.55 Å². The summed E-state index contributed by atoms with van der Waals surface area (Å²) in [7, 11) is 0. The third-order valence-corrected chi connectivity index (χ3v) is 4.29. The maximum Gasteiger partial charge on any atom is 0.438 e. The first-order valence-corrected chi connectivity index (χ1v) is 8.61. The van der Waals surface area contributed by atoms with Gasteiger partial charge in [-0.3, -0.25) is 4.79 Å². The van der Waals surface area contributed by atoms with E-state index in [0.29, 0.717) is 5.75 Å². The van der Waals surface area contributed by atoms with Crippen molar-refractivity contribution in [1.29, 1.82) is 0 Å². The Balaban J connectivity index is 1.89. The van der Waals surface area contributed by atoms with Crippen LogP contribution < -0.4 is 10.3 Å². The van der Waals surface area contributed by atoms with Crippen molar-refractivity contribution in [3.05, 3.63) is 69.6 Å². The van der Waals surface area contributed by atoms with Gasteiger partial charge in [0, 0.05) is 0 Å². The number of para-hydroxylation sites is 2. The summed E-state index contributed by atoms with van der Waals surface area (Å²) in [6.45, 7) is 3.21. The van der Waals surface area contributed by atoms with Gasteiger partial charge >= 0.3 is 6.18 Å². The Kier molecular flexibility index (Phi) is 5.42. The second kappa shape index (κ2) is 7.63. The maximum absolute atomic E-state index is 13.2. The largest absolute Gasteiger partial charge is 0.491 e. The second-order valence-electron chi connectivity index (χ2n) is 6.60. The van der Waals surface area contributed by atoms with Crippen molar-refractivity contribution in [2.45, 2.75) is 32.7 Å². The van der Waals surface area contributed by atoms with Gasteiger partial charge < -0.3 is 14.4 Å². The fourth-order valence-electron chi connectivity index (χ4n) is 2.87. The van der Waals surface area contributed by atoms with Crippen LogP contribution in [0.2, 0.25) is 0 Å². The summed E-state index contributed by atoms with van der Waals surface area (Å²) in [4.78, 5) is 15.8. The Morgan fingerprint density at radius 1 is 1.18 bits per heavy atom. The topological polar surface area (TPSA) is 64.3 Å². The summed E-state index contributed by atoms with van der Waals surface area (Å²) >= 11 is 0. The third kappa shape index (κ3) is 4.17. The summed E-state index contributed by atoms with van der Waals surface area (Å²) in [5.41, 5.74) is -0.723. The lowest BCUT2D eigenvalue weighted by Crippen LogP contribution is -2.35. The molecule has 1 atom stereocenters. The van der Waals surface area contributed by atoms with Crippen LogP contribution >= 0.6 is 0 Å². The second-order valence-corrected chi connectivity index (χ2v) is 6.60. The Hall–Kier alpha value is -2.87. The number of fused-ring (bicyclic) bond motifs is 1. The highest BCUT2D eigenvalue weighted by Crippen LogP contribution is 2.26. The molecule has 148 valence electrons. The molecule has 0 amide bonds. The van der Waals surface area contributed by atoms with E-state index < -0.39 is 23.5 Å².